The molecule has 1 N–H and O–H groups in total. The van der Waals surface area contributed by atoms with Gasteiger partial charge in [-0.2, -0.15) is 0 Å². The summed E-state index contributed by atoms with van der Waals surface area (Å²) in [4.78, 5) is 31.2. The Hall–Kier alpha value is -3.85. The van der Waals surface area contributed by atoms with Crippen LogP contribution in [-0.4, -0.2) is 28.1 Å². The molecule has 1 aliphatic rings. The summed E-state index contributed by atoms with van der Waals surface area (Å²) in [5.74, 6) is -3.13. The standard InChI is InChI=1S/C23H14ClF3N2O4/c24-14-6-3-5-13(11-14)20(30)18-19(17-9-1-2-10-28-17)29(22(32)21(18)31)15-7-4-8-16(12-15)33-23(25,26)27/h1-12,19,30H/b20-18+. The lowest BCUT2D eigenvalue weighted by atomic mass is 9.98. The summed E-state index contributed by atoms with van der Waals surface area (Å²) in [6.07, 6.45) is -3.52. The Balaban J connectivity index is 1.89. The van der Waals surface area contributed by atoms with Gasteiger partial charge in [-0.25, -0.2) is 0 Å². The van der Waals surface area contributed by atoms with Crippen LogP contribution < -0.4 is 9.64 Å². The fourth-order valence-corrected chi connectivity index (χ4v) is 3.73. The van der Waals surface area contributed by atoms with Gasteiger partial charge in [-0.1, -0.05) is 35.9 Å². The van der Waals surface area contributed by atoms with Crippen LogP contribution in [0.5, 0.6) is 5.75 Å². The molecule has 3 aromatic rings. The first-order valence-corrected chi connectivity index (χ1v) is 9.87. The minimum absolute atomic E-state index is 0.0420. The zero-order valence-electron chi connectivity index (χ0n) is 16.6. The molecule has 6 nitrogen and oxygen atoms in total. The number of benzene rings is 2. The molecule has 0 spiro atoms. The highest BCUT2D eigenvalue weighted by molar-refractivity contribution is 6.51. The number of aliphatic hydroxyl groups is 1. The number of alkyl halides is 3. The number of rotatable bonds is 4. The molecule has 1 unspecified atom stereocenters. The highest BCUT2D eigenvalue weighted by Gasteiger charge is 2.47. The third-order valence-electron chi connectivity index (χ3n) is 4.84. The summed E-state index contributed by atoms with van der Waals surface area (Å²) in [5.41, 5.74) is 0.0979. The fraction of sp³-hybridized carbons (Fsp3) is 0.0870. The number of carbonyl (C=O) groups excluding carboxylic acids is 2. The second kappa shape index (κ2) is 8.59. The Labute approximate surface area is 190 Å². The van der Waals surface area contributed by atoms with Gasteiger partial charge in [0, 0.05) is 28.5 Å². The lowest BCUT2D eigenvalue weighted by Crippen LogP contribution is -2.30. The summed E-state index contributed by atoms with van der Waals surface area (Å²) in [6, 6.07) is 14.3. The van der Waals surface area contributed by atoms with E-state index in [9.17, 15) is 27.9 Å². The maximum absolute atomic E-state index is 13.0. The number of anilines is 1. The Morgan fingerprint density at radius 1 is 1.03 bits per heavy atom. The average Bonchev–Trinajstić information content (AvgIpc) is 3.03. The van der Waals surface area contributed by atoms with E-state index in [1.807, 2.05) is 0 Å². The Morgan fingerprint density at radius 3 is 2.45 bits per heavy atom. The number of aliphatic hydroxyl groups excluding tert-OH is 1. The Kier molecular flexibility index (Phi) is 5.82. The van der Waals surface area contributed by atoms with E-state index in [0.29, 0.717) is 5.02 Å². The van der Waals surface area contributed by atoms with Gasteiger partial charge in [0.25, 0.3) is 11.7 Å². The van der Waals surface area contributed by atoms with Crippen molar-refractivity contribution in [2.45, 2.75) is 12.4 Å². The van der Waals surface area contributed by atoms with Gasteiger partial charge < -0.3 is 9.84 Å². The molecule has 1 aliphatic heterocycles. The van der Waals surface area contributed by atoms with E-state index in [2.05, 4.69) is 9.72 Å². The molecule has 1 fully saturated rings. The lowest BCUT2D eigenvalue weighted by molar-refractivity contribution is -0.274. The number of nitrogens with zero attached hydrogens (tertiary/aromatic N) is 2. The number of pyridine rings is 1. The molecule has 1 aromatic heterocycles. The van der Waals surface area contributed by atoms with Crippen molar-refractivity contribution in [1.29, 1.82) is 0 Å². The summed E-state index contributed by atoms with van der Waals surface area (Å²) >= 11 is 5.99. The first-order chi connectivity index (χ1) is 15.7. The van der Waals surface area contributed by atoms with Crippen LogP contribution in [0.25, 0.3) is 5.76 Å². The quantitative estimate of drug-likeness (QED) is 0.317. The normalized spacial score (nSPS) is 17.9. The number of ketones is 1. The van der Waals surface area contributed by atoms with Crippen molar-refractivity contribution in [3.8, 4) is 5.75 Å². The van der Waals surface area contributed by atoms with E-state index in [1.165, 1.54) is 36.5 Å². The van der Waals surface area contributed by atoms with Crippen LogP contribution in [0, 0.1) is 0 Å². The summed E-state index contributed by atoms with van der Waals surface area (Å²) in [7, 11) is 0. The predicted octanol–water partition coefficient (Wildman–Crippen LogP) is 5.26. The fourth-order valence-electron chi connectivity index (χ4n) is 3.54. The summed E-state index contributed by atoms with van der Waals surface area (Å²) in [6.45, 7) is 0. The minimum atomic E-state index is -4.94. The van der Waals surface area contributed by atoms with E-state index in [0.717, 1.165) is 17.0 Å². The highest BCUT2D eigenvalue weighted by Crippen LogP contribution is 2.42. The first-order valence-electron chi connectivity index (χ1n) is 9.49. The number of carbonyl (C=O) groups is 2. The summed E-state index contributed by atoms with van der Waals surface area (Å²) < 4.78 is 42.0. The van der Waals surface area contributed by atoms with Gasteiger partial charge in [0.05, 0.1) is 11.3 Å². The van der Waals surface area contributed by atoms with Crippen LogP contribution in [0.3, 0.4) is 0 Å². The molecule has 0 radical (unpaired) electrons. The molecular formula is C23H14ClF3N2O4. The van der Waals surface area contributed by atoms with Crippen LogP contribution in [0.4, 0.5) is 18.9 Å². The molecule has 0 aliphatic carbocycles. The van der Waals surface area contributed by atoms with Crippen molar-refractivity contribution in [2.24, 2.45) is 0 Å². The summed E-state index contributed by atoms with van der Waals surface area (Å²) in [5, 5.41) is 11.2. The molecule has 168 valence electrons. The molecule has 2 heterocycles. The molecule has 0 bridgehead atoms. The minimum Gasteiger partial charge on any atom is -0.507 e. The molecule has 1 saturated heterocycles. The van der Waals surface area contributed by atoms with Crippen LogP contribution in [0.15, 0.2) is 78.5 Å². The second-order valence-corrected chi connectivity index (χ2v) is 7.42. The van der Waals surface area contributed by atoms with Gasteiger partial charge in [0.1, 0.15) is 17.6 Å². The van der Waals surface area contributed by atoms with Crippen LogP contribution >= 0.6 is 11.6 Å². The Morgan fingerprint density at radius 2 is 1.79 bits per heavy atom. The third-order valence-corrected chi connectivity index (χ3v) is 5.07. The monoisotopic (exact) mass is 474 g/mol. The van der Waals surface area contributed by atoms with Gasteiger partial charge >= 0.3 is 6.36 Å². The van der Waals surface area contributed by atoms with Crippen molar-refractivity contribution < 1.29 is 32.6 Å². The van der Waals surface area contributed by atoms with Crippen molar-refractivity contribution in [3.05, 3.63) is 94.8 Å². The van der Waals surface area contributed by atoms with Crippen molar-refractivity contribution in [2.75, 3.05) is 4.90 Å². The molecule has 10 heteroatoms. The van der Waals surface area contributed by atoms with Crippen LogP contribution in [0.2, 0.25) is 5.02 Å². The third kappa shape index (κ3) is 4.54. The number of halogens is 4. The number of hydrogen-bond acceptors (Lipinski definition) is 5. The zero-order chi connectivity index (χ0) is 23.8. The van der Waals surface area contributed by atoms with E-state index >= 15 is 0 Å². The van der Waals surface area contributed by atoms with Crippen molar-refractivity contribution in [3.63, 3.8) is 0 Å². The SMILES string of the molecule is O=C1C(=O)N(c2cccc(OC(F)(F)F)c2)C(c2ccccn2)/C1=C(\O)c1cccc(Cl)c1. The van der Waals surface area contributed by atoms with Crippen LogP contribution in [0.1, 0.15) is 17.3 Å². The molecule has 1 amide bonds. The van der Waals surface area contributed by atoms with Gasteiger partial charge in [-0.05, 0) is 36.4 Å². The predicted molar refractivity (Wildman–Crippen MR) is 114 cm³/mol. The maximum Gasteiger partial charge on any atom is 0.573 e. The topological polar surface area (TPSA) is 79.7 Å². The van der Waals surface area contributed by atoms with E-state index in [-0.39, 0.29) is 22.5 Å². The maximum atomic E-state index is 13.0. The van der Waals surface area contributed by atoms with Gasteiger partial charge in [0.15, 0.2) is 0 Å². The molecule has 4 rings (SSSR count). The first kappa shape index (κ1) is 22.3. The number of aromatic nitrogens is 1. The van der Waals surface area contributed by atoms with Gasteiger partial charge in [-0.3, -0.25) is 19.5 Å². The molecule has 33 heavy (non-hydrogen) atoms. The smallest absolute Gasteiger partial charge is 0.507 e. The highest BCUT2D eigenvalue weighted by atomic mass is 35.5. The van der Waals surface area contributed by atoms with E-state index in [4.69, 9.17) is 11.6 Å². The largest absolute Gasteiger partial charge is 0.573 e. The molecule has 2 aromatic carbocycles. The number of ether oxygens (including phenoxy) is 1. The van der Waals surface area contributed by atoms with Gasteiger partial charge in [-0.15, -0.1) is 13.2 Å². The van der Waals surface area contributed by atoms with E-state index < -0.39 is 35.6 Å². The van der Waals surface area contributed by atoms with Crippen LogP contribution in [-0.2, 0) is 9.59 Å². The number of Topliss-reactive ketones (excluding diaryl/α,β-unsaturated/α-hetero) is 1. The zero-order valence-corrected chi connectivity index (χ0v) is 17.3. The van der Waals surface area contributed by atoms with E-state index in [1.54, 1.807) is 24.3 Å². The lowest BCUT2D eigenvalue weighted by Gasteiger charge is -2.25. The average molecular weight is 475 g/mol. The number of amides is 1. The number of hydrogen-bond donors (Lipinski definition) is 1. The Bertz CT molecular complexity index is 1260. The van der Waals surface area contributed by atoms with Crippen molar-refractivity contribution >= 4 is 34.7 Å². The molecular weight excluding hydrogens is 461 g/mol. The second-order valence-electron chi connectivity index (χ2n) is 6.98. The van der Waals surface area contributed by atoms with Gasteiger partial charge in [0.2, 0.25) is 0 Å². The molecule has 0 saturated carbocycles. The molecule has 1 atom stereocenters. The van der Waals surface area contributed by atoms with Crippen molar-refractivity contribution in [1.82, 2.24) is 4.98 Å².